The molecule has 0 aliphatic carbocycles. The molecule has 4 atom stereocenters. The summed E-state index contributed by atoms with van der Waals surface area (Å²) in [7, 11) is 0. The minimum absolute atomic E-state index is 0.399. The number of imidazole rings is 1. The number of hydrogen-bond acceptors (Lipinski definition) is 9. The van der Waals surface area contributed by atoms with Gasteiger partial charge < -0.3 is 20.1 Å². The van der Waals surface area contributed by atoms with E-state index >= 15 is 0 Å². The second-order valence-electron chi connectivity index (χ2n) is 6.39. The molecule has 0 spiro atoms. The van der Waals surface area contributed by atoms with Gasteiger partial charge in [0.2, 0.25) is 0 Å². The van der Waals surface area contributed by atoms with Crippen LogP contribution in [0.2, 0.25) is 0 Å². The lowest BCUT2D eigenvalue weighted by molar-refractivity contribution is -0.0511. The summed E-state index contributed by atoms with van der Waals surface area (Å²) in [6.45, 7) is 1.61. The van der Waals surface area contributed by atoms with Gasteiger partial charge in [-0.25, -0.2) is 15.0 Å². The fourth-order valence-corrected chi connectivity index (χ4v) is 3.01. The number of nitrogens with zero attached hydrogens (tertiary/aromatic N) is 4. The Morgan fingerprint density at radius 3 is 2.56 bits per heavy atom. The average molecular weight is 372 g/mol. The summed E-state index contributed by atoms with van der Waals surface area (Å²) in [5.74, 6) is 0.450. The van der Waals surface area contributed by atoms with Crippen molar-refractivity contribution in [3.63, 3.8) is 0 Å². The molecule has 1 aliphatic rings. The van der Waals surface area contributed by atoms with E-state index in [-0.39, 0.29) is 0 Å². The number of rotatable bonds is 5. The van der Waals surface area contributed by atoms with Crippen LogP contribution < -0.4 is 10.9 Å². The molecule has 10 nitrogen and oxygen atoms in total. The summed E-state index contributed by atoms with van der Waals surface area (Å²) < 4.78 is 7.06. The maximum Gasteiger partial charge on any atom is 0.176 e. The van der Waals surface area contributed by atoms with Gasteiger partial charge in [-0.2, -0.15) is 0 Å². The molecule has 3 aromatic rings. The molecule has 0 radical (unpaired) electrons. The molecular formula is C17H20N6O4. The highest BCUT2D eigenvalue weighted by molar-refractivity contribution is 5.83. The van der Waals surface area contributed by atoms with Crippen molar-refractivity contribution in [3.05, 3.63) is 42.5 Å². The Labute approximate surface area is 154 Å². The predicted molar refractivity (Wildman–Crippen MR) is 96.8 cm³/mol. The largest absolute Gasteiger partial charge is 0.394 e. The minimum atomic E-state index is -1.21. The van der Waals surface area contributed by atoms with E-state index in [2.05, 4.69) is 25.8 Å². The van der Waals surface area contributed by atoms with Crippen LogP contribution in [0.4, 0.5) is 11.5 Å². The molecule has 5 N–H and O–H groups in total. The van der Waals surface area contributed by atoms with Crippen LogP contribution >= 0.6 is 0 Å². The van der Waals surface area contributed by atoms with E-state index in [9.17, 15) is 15.3 Å². The van der Waals surface area contributed by atoms with Gasteiger partial charge in [-0.05, 0) is 19.1 Å². The average Bonchev–Trinajstić information content (AvgIpc) is 3.23. The molecule has 2 unspecified atom stereocenters. The van der Waals surface area contributed by atoms with Crippen molar-refractivity contribution in [2.75, 3.05) is 17.5 Å². The first kappa shape index (κ1) is 17.6. The van der Waals surface area contributed by atoms with Gasteiger partial charge in [-0.15, -0.1) is 0 Å². The van der Waals surface area contributed by atoms with Crippen molar-refractivity contribution < 1.29 is 20.1 Å². The van der Waals surface area contributed by atoms with Gasteiger partial charge in [0.25, 0.3) is 0 Å². The standard InChI is InChI=1S/C17H20N6O4/c1-9-2-4-10(5-3-9)21-22-15-12-16(19-7-18-15)23(8-20-12)17-14(26)13(25)11(6-24)27-17/h2-5,7-8,11,13-14,17,21,24-26H,6H2,1H3,(H,18,19,22)/t11-,13?,14?,17-/m1/s1. The summed E-state index contributed by atoms with van der Waals surface area (Å²) in [6.07, 6.45) is -1.37. The minimum Gasteiger partial charge on any atom is -0.394 e. The molecule has 142 valence electrons. The normalized spacial score (nSPS) is 25.0. The molecule has 1 aliphatic heterocycles. The molecule has 10 heteroatoms. The quantitative estimate of drug-likeness (QED) is 0.397. The third-order valence-corrected chi connectivity index (χ3v) is 4.53. The number of ether oxygens (including phenoxy) is 1. The Hall–Kier alpha value is -2.79. The van der Waals surface area contributed by atoms with Crippen molar-refractivity contribution in [3.8, 4) is 0 Å². The molecule has 1 fully saturated rings. The van der Waals surface area contributed by atoms with Crippen LogP contribution in [0.3, 0.4) is 0 Å². The highest BCUT2D eigenvalue weighted by atomic mass is 16.6. The molecule has 3 heterocycles. The maximum absolute atomic E-state index is 10.2. The first-order chi connectivity index (χ1) is 13.1. The smallest absolute Gasteiger partial charge is 0.176 e. The van der Waals surface area contributed by atoms with E-state index in [0.717, 1.165) is 11.3 Å². The number of fused-ring (bicyclic) bond motifs is 1. The van der Waals surface area contributed by atoms with E-state index in [1.807, 2.05) is 31.2 Å². The third-order valence-electron chi connectivity index (χ3n) is 4.53. The summed E-state index contributed by atoms with van der Waals surface area (Å²) in [5, 5.41) is 29.4. The summed E-state index contributed by atoms with van der Waals surface area (Å²) >= 11 is 0. The molecule has 2 aromatic heterocycles. The fourth-order valence-electron chi connectivity index (χ4n) is 3.01. The lowest BCUT2D eigenvalue weighted by atomic mass is 10.1. The predicted octanol–water partition coefficient (Wildman–Crippen LogP) is 0.185. The molecular weight excluding hydrogens is 352 g/mol. The summed E-state index contributed by atoms with van der Waals surface area (Å²) in [4.78, 5) is 12.7. The number of aliphatic hydroxyl groups is 3. The summed E-state index contributed by atoms with van der Waals surface area (Å²) in [5.41, 5.74) is 8.95. The van der Waals surface area contributed by atoms with Gasteiger partial charge in [0.1, 0.15) is 24.6 Å². The zero-order valence-corrected chi connectivity index (χ0v) is 14.5. The number of aliphatic hydroxyl groups excluding tert-OH is 3. The van der Waals surface area contributed by atoms with Crippen LogP contribution in [0.15, 0.2) is 36.9 Å². The van der Waals surface area contributed by atoms with E-state index in [0.29, 0.717) is 17.0 Å². The molecule has 1 saturated heterocycles. The fraction of sp³-hybridized carbons (Fsp3) is 0.353. The van der Waals surface area contributed by atoms with Gasteiger partial charge >= 0.3 is 0 Å². The SMILES string of the molecule is Cc1ccc(NNc2ncnc3c2ncn3[C@@H]2O[C@H](CO)C(O)C2O)cc1. The van der Waals surface area contributed by atoms with Gasteiger partial charge in [0.05, 0.1) is 18.6 Å². The lowest BCUT2D eigenvalue weighted by Crippen LogP contribution is -2.33. The highest BCUT2D eigenvalue weighted by Crippen LogP contribution is 2.32. The molecule has 27 heavy (non-hydrogen) atoms. The van der Waals surface area contributed by atoms with Crippen LogP contribution in [0, 0.1) is 6.92 Å². The van der Waals surface area contributed by atoms with Crippen molar-refractivity contribution >= 4 is 22.7 Å². The van der Waals surface area contributed by atoms with E-state index < -0.39 is 31.1 Å². The van der Waals surface area contributed by atoms with Gasteiger partial charge in [0, 0.05) is 0 Å². The van der Waals surface area contributed by atoms with Crippen LogP contribution in [0.5, 0.6) is 0 Å². The van der Waals surface area contributed by atoms with Crippen LogP contribution in [-0.4, -0.2) is 59.8 Å². The van der Waals surface area contributed by atoms with Crippen molar-refractivity contribution in [1.82, 2.24) is 19.5 Å². The number of aryl methyl sites for hydroxylation is 1. The number of hydrogen-bond donors (Lipinski definition) is 5. The number of benzene rings is 1. The van der Waals surface area contributed by atoms with Gasteiger partial charge in [-0.3, -0.25) is 15.4 Å². The third kappa shape index (κ3) is 3.19. The Morgan fingerprint density at radius 1 is 1.07 bits per heavy atom. The second-order valence-corrected chi connectivity index (χ2v) is 6.39. The monoisotopic (exact) mass is 372 g/mol. The number of aromatic nitrogens is 4. The topological polar surface area (TPSA) is 138 Å². The van der Waals surface area contributed by atoms with E-state index in [4.69, 9.17) is 4.74 Å². The van der Waals surface area contributed by atoms with Crippen molar-refractivity contribution in [2.24, 2.45) is 0 Å². The lowest BCUT2D eigenvalue weighted by Gasteiger charge is -2.16. The molecule has 1 aromatic carbocycles. The highest BCUT2D eigenvalue weighted by Gasteiger charge is 2.44. The Balaban J connectivity index is 1.59. The Bertz CT molecular complexity index is 931. The maximum atomic E-state index is 10.2. The van der Waals surface area contributed by atoms with Crippen LogP contribution in [0.25, 0.3) is 11.2 Å². The first-order valence-electron chi connectivity index (χ1n) is 8.47. The Kier molecular flexibility index (Phi) is 4.62. The molecule has 0 amide bonds. The molecule has 0 bridgehead atoms. The second kappa shape index (κ2) is 7.08. The zero-order valence-electron chi connectivity index (χ0n) is 14.5. The molecule has 4 rings (SSSR count). The van der Waals surface area contributed by atoms with Crippen molar-refractivity contribution in [1.29, 1.82) is 0 Å². The Morgan fingerprint density at radius 2 is 1.85 bits per heavy atom. The van der Waals surface area contributed by atoms with Crippen molar-refractivity contribution in [2.45, 2.75) is 31.5 Å². The van der Waals surface area contributed by atoms with Gasteiger partial charge in [0.15, 0.2) is 23.2 Å². The zero-order chi connectivity index (χ0) is 19.0. The number of hydrazine groups is 1. The van der Waals surface area contributed by atoms with E-state index in [1.54, 1.807) is 0 Å². The van der Waals surface area contributed by atoms with E-state index in [1.165, 1.54) is 17.2 Å². The van der Waals surface area contributed by atoms with Gasteiger partial charge in [-0.1, -0.05) is 17.7 Å². The van der Waals surface area contributed by atoms with Crippen LogP contribution in [0.1, 0.15) is 11.8 Å². The molecule has 0 saturated carbocycles. The number of nitrogens with one attached hydrogen (secondary N) is 2. The first-order valence-corrected chi connectivity index (χ1v) is 8.47. The summed E-state index contributed by atoms with van der Waals surface area (Å²) in [6, 6.07) is 7.82. The van der Waals surface area contributed by atoms with Crippen LogP contribution in [-0.2, 0) is 4.74 Å². The number of anilines is 2.